The average molecular weight is 445 g/mol. The molecule has 0 atom stereocenters. The fourth-order valence-corrected chi connectivity index (χ4v) is 7.62. The summed E-state index contributed by atoms with van der Waals surface area (Å²) in [4.78, 5) is 0. The van der Waals surface area contributed by atoms with Crippen molar-refractivity contribution in [3.05, 3.63) is 47.5 Å². The summed E-state index contributed by atoms with van der Waals surface area (Å²) < 4.78 is 17.8. The molecule has 0 unspecified atom stereocenters. The Labute approximate surface area is 195 Å². The topological polar surface area (TPSA) is 47.9 Å². The van der Waals surface area contributed by atoms with E-state index in [-0.39, 0.29) is 22.0 Å². The number of hydrogen-bond acceptors (Lipinski definition) is 4. The van der Waals surface area contributed by atoms with Gasteiger partial charge in [0.25, 0.3) is 0 Å². The maximum Gasteiger partial charge on any atom is 0.204 e. The van der Waals surface area contributed by atoms with E-state index in [4.69, 9.17) is 14.2 Å². The van der Waals surface area contributed by atoms with Gasteiger partial charge in [0.05, 0.1) is 7.11 Å². The van der Waals surface area contributed by atoms with E-state index < -0.39 is 0 Å². The molecule has 0 bridgehead atoms. The predicted octanol–water partition coefficient (Wildman–Crippen LogP) is 6.83. The summed E-state index contributed by atoms with van der Waals surface area (Å²) in [7, 11) is 1.63. The lowest BCUT2D eigenvalue weighted by Crippen LogP contribution is -2.43. The molecular formula is C29H32O4. The molecule has 3 aromatic carbocycles. The molecule has 6 rings (SSSR count). The highest BCUT2D eigenvalue weighted by atomic mass is 16.6. The number of benzene rings is 3. The molecule has 4 nitrogen and oxygen atoms in total. The van der Waals surface area contributed by atoms with Crippen LogP contribution in [-0.4, -0.2) is 25.4 Å². The van der Waals surface area contributed by atoms with Crippen LogP contribution < -0.4 is 14.2 Å². The van der Waals surface area contributed by atoms with Crippen molar-refractivity contribution >= 4 is 10.8 Å². The van der Waals surface area contributed by atoms with Gasteiger partial charge in [-0.2, -0.15) is 0 Å². The summed E-state index contributed by atoms with van der Waals surface area (Å²) in [5.74, 6) is 2.18. The molecule has 0 saturated heterocycles. The van der Waals surface area contributed by atoms with Crippen molar-refractivity contribution in [3.63, 3.8) is 0 Å². The number of hydrogen-bond donors (Lipinski definition) is 1. The number of rotatable bonds is 1. The molecule has 1 N–H and O–H groups in total. The summed E-state index contributed by atoms with van der Waals surface area (Å²) in [6.45, 7) is 10.5. The molecule has 172 valence electrons. The van der Waals surface area contributed by atoms with Gasteiger partial charge in [-0.15, -0.1) is 0 Å². The van der Waals surface area contributed by atoms with Gasteiger partial charge in [0.15, 0.2) is 11.5 Å². The van der Waals surface area contributed by atoms with Gasteiger partial charge in [-0.3, -0.25) is 0 Å². The molecule has 0 amide bonds. The third-order valence-corrected chi connectivity index (χ3v) is 7.82. The number of phenolic OH excluding ortho intramolecular Hbond substituents is 1. The maximum atomic E-state index is 11.4. The molecule has 2 aliphatic carbocycles. The summed E-state index contributed by atoms with van der Waals surface area (Å²) in [6.07, 6.45) is 3.28. The minimum Gasteiger partial charge on any atom is -0.507 e. The molecule has 3 aromatic rings. The van der Waals surface area contributed by atoms with Gasteiger partial charge in [-0.25, -0.2) is 0 Å². The zero-order valence-corrected chi connectivity index (χ0v) is 20.2. The zero-order chi connectivity index (χ0) is 23.2. The second-order valence-corrected chi connectivity index (χ2v) is 11.7. The lowest BCUT2D eigenvalue weighted by molar-refractivity contribution is 0.0645. The first-order valence-electron chi connectivity index (χ1n) is 11.9. The Kier molecular flexibility index (Phi) is 4.13. The van der Waals surface area contributed by atoms with E-state index in [1.165, 1.54) is 28.7 Å². The van der Waals surface area contributed by atoms with Crippen molar-refractivity contribution in [3.8, 4) is 34.1 Å². The first-order chi connectivity index (χ1) is 15.7. The third-order valence-electron chi connectivity index (χ3n) is 7.82. The van der Waals surface area contributed by atoms with Crippen molar-refractivity contribution in [1.82, 2.24) is 0 Å². The van der Waals surface area contributed by atoms with E-state index >= 15 is 0 Å². The molecule has 3 aliphatic rings. The van der Waals surface area contributed by atoms with Gasteiger partial charge in [-0.05, 0) is 64.5 Å². The summed E-state index contributed by atoms with van der Waals surface area (Å²) in [5, 5.41) is 13.0. The van der Waals surface area contributed by atoms with Gasteiger partial charge < -0.3 is 19.3 Å². The van der Waals surface area contributed by atoms with Crippen LogP contribution in [0, 0.1) is 10.8 Å². The summed E-state index contributed by atoms with van der Waals surface area (Å²) >= 11 is 0. The van der Waals surface area contributed by atoms with Crippen LogP contribution in [0.3, 0.4) is 0 Å². The van der Waals surface area contributed by atoms with E-state index in [1.54, 1.807) is 7.11 Å². The Bertz CT molecular complexity index is 1280. The van der Waals surface area contributed by atoms with Crippen LogP contribution in [-0.2, 0) is 5.41 Å². The van der Waals surface area contributed by atoms with Crippen molar-refractivity contribution < 1.29 is 19.3 Å². The standard InChI is InChI=1S/C29H32O4/c1-27(2)14-28(3,4)16-29(15-27)19-9-7-6-8-17(19)23-20(29)13-21(30)18-12-22(31-5)25-26(24(18)23)33-11-10-32-25/h6-9,12-13,30H,10-11,14-16H2,1-5H3. The van der Waals surface area contributed by atoms with Gasteiger partial charge in [0.2, 0.25) is 5.75 Å². The normalized spacial score (nSPS) is 21.0. The minimum atomic E-state index is -0.148. The van der Waals surface area contributed by atoms with Gasteiger partial charge in [-0.1, -0.05) is 52.0 Å². The number of aromatic hydroxyl groups is 1. The minimum absolute atomic E-state index is 0.148. The first kappa shape index (κ1) is 20.7. The lowest BCUT2D eigenvalue weighted by Gasteiger charge is -2.51. The molecule has 1 heterocycles. The molecule has 0 aromatic heterocycles. The van der Waals surface area contributed by atoms with Crippen molar-refractivity contribution in [2.24, 2.45) is 10.8 Å². The van der Waals surface area contributed by atoms with Gasteiger partial charge in [0, 0.05) is 16.2 Å². The SMILES string of the molecule is COc1cc2c(O)cc3c(c2c2c1OCCO2)-c1ccccc1C31CC(C)(C)CC(C)(C)C1. The summed E-state index contributed by atoms with van der Waals surface area (Å²) in [6, 6.07) is 12.7. The Hall–Kier alpha value is -2.88. The van der Waals surface area contributed by atoms with E-state index in [2.05, 4.69) is 52.0 Å². The van der Waals surface area contributed by atoms with Crippen LogP contribution in [0.4, 0.5) is 0 Å². The van der Waals surface area contributed by atoms with E-state index in [0.717, 1.165) is 23.6 Å². The predicted molar refractivity (Wildman–Crippen MR) is 131 cm³/mol. The number of phenols is 1. The molecule has 1 saturated carbocycles. The molecule has 1 aliphatic heterocycles. The Balaban J connectivity index is 1.76. The molecule has 1 spiro atoms. The van der Waals surface area contributed by atoms with Gasteiger partial charge in [0.1, 0.15) is 19.0 Å². The zero-order valence-electron chi connectivity index (χ0n) is 20.2. The molecule has 0 radical (unpaired) electrons. The van der Waals surface area contributed by atoms with E-state index in [1.807, 2.05) is 12.1 Å². The van der Waals surface area contributed by atoms with Crippen molar-refractivity contribution in [1.29, 1.82) is 0 Å². The third kappa shape index (κ3) is 2.82. The lowest BCUT2D eigenvalue weighted by atomic mass is 9.52. The molecular weight excluding hydrogens is 412 g/mol. The van der Waals surface area contributed by atoms with Crippen LogP contribution in [0.2, 0.25) is 0 Å². The van der Waals surface area contributed by atoms with Crippen LogP contribution in [0.25, 0.3) is 21.9 Å². The fourth-order valence-electron chi connectivity index (χ4n) is 7.62. The smallest absolute Gasteiger partial charge is 0.204 e. The molecule has 1 fully saturated rings. The number of ether oxygens (including phenoxy) is 3. The van der Waals surface area contributed by atoms with Gasteiger partial charge >= 0.3 is 0 Å². The van der Waals surface area contributed by atoms with Crippen LogP contribution in [0.1, 0.15) is 58.1 Å². The van der Waals surface area contributed by atoms with Crippen molar-refractivity contribution in [2.45, 2.75) is 52.4 Å². The Morgan fingerprint density at radius 1 is 0.848 bits per heavy atom. The van der Waals surface area contributed by atoms with E-state index in [0.29, 0.717) is 30.5 Å². The highest BCUT2D eigenvalue weighted by Crippen LogP contribution is 2.66. The van der Waals surface area contributed by atoms with Crippen LogP contribution in [0.15, 0.2) is 36.4 Å². The maximum absolute atomic E-state index is 11.4. The second-order valence-electron chi connectivity index (χ2n) is 11.7. The van der Waals surface area contributed by atoms with Crippen LogP contribution in [0.5, 0.6) is 23.0 Å². The molecule has 33 heavy (non-hydrogen) atoms. The monoisotopic (exact) mass is 444 g/mol. The molecule has 4 heteroatoms. The fraction of sp³-hybridized carbons (Fsp3) is 0.448. The first-order valence-corrected chi connectivity index (χ1v) is 11.9. The summed E-state index contributed by atoms with van der Waals surface area (Å²) in [5.41, 5.74) is 5.22. The highest BCUT2D eigenvalue weighted by molar-refractivity contribution is 6.10. The second kappa shape index (κ2) is 6.59. The number of fused-ring (bicyclic) bond motifs is 9. The Morgan fingerprint density at radius 3 is 2.21 bits per heavy atom. The quantitative estimate of drug-likeness (QED) is 0.447. The van der Waals surface area contributed by atoms with Crippen molar-refractivity contribution in [2.75, 3.05) is 20.3 Å². The highest BCUT2D eigenvalue weighted by Gasteiger charge is 2.54. The average Bonchev–Trinajstić information content (AvgIpc) is 2.99. The van der Waals surface area contributed by atoms with Crippen LogP contribution >= 0.6 is 0 Å². The number of methoxy groups -OCH3 is 1. The Morgan fingerprint density at radius 2 is 1.52 bits per heavy atom. The van der Waals surface area contributed by atoms with E-state index in [9.17, 15) is 5.11 Å². The largest absolute Gasteiger partial charge is 0.507 e.